The molecule has 1 aromatic heterocycles. The smallest absolute Gasteiger partial charge is 0.314 e. The second-order valence-corrected chi connectivity index (χ2v) is 7.91. The second kappa shape index (κ2) is 10.2. The number of carbonyl (C=O) groups excluding carboxylic acids is 2. The number of likely N-dealkylation sites (tertiary alicyclic amines) is 1. The first-order valence-electron chi connectivity index (χ1n) is 9.79. The molecule has 0 atom stereocenters. The summed E-state index contributed by atoms with van der Waals surface area (Å²) in [6.07, 6.45) is 2.52. The zero-order valence-corrected chi connectivity index (χ0v) is 17.6. The largest absolute Gasteiger partial charge is 0.497 e. The zero-order chi connectivity index (χ0) is 20.6. The Morgan fingerprint density at radius 1 is 1.21 bits per heavy atom. The van der Waals surface area contributed by atoms with Crippen molar-refractivity contribution >= 4 is 23.5 Å². The maximum absolute atomic E-state index is 12.5. The van der Waals surface area contributed by atoms with Crippen molar-refractivity contribution in [1.82, 2.24) is 25.1 Å². The molecule has 156 valence electrons. The second-order valence-electron chi connectivity index (χ2n) is 7.16. The van der Waals surface area contributed by atoms with Crippen molar-refractivity contribution < 1.29 is 14.3 Å². The van der Waals surface area contributed by atoms with Crippen LogP contribution in [0.25, 0.3) is 0 Å². The van der Waals surface area contributed by atoms with Crippen LogP contribution in [0.5, 0.6) is 5.75 Å². The van der Waals surface area contributed by atoms with Crippen LogP contribution < -0.4 is 15.4 Å². The molecular weight excluding hydrogens is 390 g/mol. The van der Waals surface area contributed by atoms with Crippen molar-refractivity contribution in [2.45, 2.75) is 26.2 Å². The summed E-state index contributed by atoms with van der Waals surface area (Å²) in [6, 6.07) is 7.68. The summed E-state index contributed by atoms with van der Waals surface area (Å²) in [6.45, 7) is 4.40. The van der Waals surface area contributed by atoms with E-state index in [1.165, 1.54) is 0 Å². The highest BCUT2D eigenvalue weighted by Crippen LogP contribution is 2.20. The minimum Gasteiger partial charge on any atom is -0.497 e. The van der Waals surface area contributed by atoms with Gasteiger partial charge in [0.1, 0.15) is 10.6 Å². The number of ether oxygens (including phenoxy) is 1. The lowest BCUT2D eigenvalue weighted by molar-refractivity contribution is 0.0694. The van der Waals surface area contributed by atoms with E-state index in [4.69, 9.17) is 4.74 Å². The molecule has 3 amide bonds. The van der Waals surface area contributed by atoms with Gasteiger partial charge in [-0.05, 0) is 61.3 Å². The molecule has 3 rings (SSSR count). The molecule has 2 aromatic rings. The highest BCUT2D eigenvalue weighted by atomic mass is 32.1. The molecule has 9 heteroatoms. The summed E-state index contributed by atoms with van der Waals surface area (Å²) in [5.41, 5.74) is 1.84. The van der Waals surface area contributed by atoms with Crippen LogP contribution in [0.4, 0.5) is 4.79 Å². The van der Waals surface area contributed by atoms with Crippen LogP contribution in [0.2, 0.25) is 0 Å². The first-order valence-corrected chi connectivity index (χ1v) is 10.6. The summed E-state index contributed by atoms with van der Waals surface area (Å²) >= 11 is 1.15. The summed E-state index contributed by atoms with van der Waals surface area (Å²) in [7, 11) is 1.64. The Kier molecular flexibility index (Phi) is 7.40. The molecule has 0 spiro atoms. The molecule has 0 radical (unpaired) electrons. The van der Waals surface area contributed by atoms with E-state index in [1.807, 2.05) is 29.2 Å². The first-order chi connectivity index (χ1) is 14.1. The number of aryl methyl sites for hydroxylation is 1. The Morgan fingerprint density at radius 3 is 2.55 bits per heavy atom. The lowest BCUT2D eigenvalue weighted by Crippen LogP contribution is -2.43. The number of hydrogen-bond acceptors (Lipinski definition) is 6. The van der Waals surface area contributed by atoms with Crippen LogP contribution in [-0.2, 0) is 6.42 Å². The van der Waals surface area contributed by atoms with Gasteiger partial charge in [0.2, 0.25) is 0 Å². The van der Waals surface area contributed by atoms with Gasteiger partial charge >= 0.3 is 6.03 Å². The van der Waals surface area contributed by atoms with Crippen molar-refractivity contribution in [2.75, 3.05) is 33.3 Å². The monoisotopic (exact) mass is 417 g/mol. The fraction of sp³-hybridized carbons (Fsp3) is 0.500. The van der Waals surface area contributed by atoms with E-state index in [0.717, 1.165) is 42.1 Å². The Hall–Kier alpha value is -2.68. The third-order valence-electron chi connectivity index (χ3n) is 5.16. The minimum atomic E-state index is -0.150. The molecule has 0 aliphatic carbocycles. The van der Waals surface area contributed by atoms with Gasteiger partial charge in [0.05, 0.1) is 12.8 Å². The van der Waals surface area contributed by atoms with Gasteiger partial charge < -0.3 is 20.3 Å². The predicted octanol–water partition coefficient (Wildman–Crippen LogP) is 2.25. The third kappa shape index (κ3) is 5.90. The van der Waals surface area contributed by atoms with Crippen molar-refractivity contribution in [3.63, 3.8) is 0 Å². The molecule has 1 fully saturated rings. The van der Waals surface area contributed by atoms with Gasteiger partial charge in [0.25, 0.3) is 5.91 Å². The molecule has 0 saturated carbocycles. The first kappa shape index (κ1) is 21.0. The van der Waals surface area contributed by atoms with Gasteiger partial charge in [-0.1, -0.05) is 16.6 Å². The van der Waals surface area contributed by atoms with E-state index in [2.05, 4.69) is 20.2 Å². The Balaban J connectivity index is 1.32. The van der Waals surface area contributed by atoms with Crippen LogP contribution in [-0.4, -0.2) is 59.7 Å². The molecule has 1 aliphatic heterocycles. The van der Waals surface area contributed by atoms with Gasteiger partial charge in [0.15, 0.2) is 0 Å². The highest BCUT2D eigenvalue weighted by Gasteiger charge is 2.26. The van der Waals surface area contributed by atoms with Crippen molar-refractivity contribution in [3.05, 3.63) is 40.4 Å². The third-order valence-corrected chi connectivity index (χ3v) is 5.97. The van der Waals surface area contributed by atoms with Gasteiger partial charge in [-0.25, -0.2) is 4.79 Å². The van der Waals surface area contributed by atoms with Gasteiger partial charge in [0, 0.05) is 26.2 Å². The normalized spacial score (nSPS) is 14.5. The maximum Gasteiger partial charge on any atom is 0.314 e. The van der Waals surface area contributed by atoms with E-state index < -0.39 is 0 Å². The number of nitrogens with zero attached hydrogens (tertiary/aromatic N) is 3. The van der Waals surface area contributed by atoms with Crippen molar-refractivity contribution in [1.29, 1.82) is 0 Å². The number of nitrogens with one attached hydrogen (secondary N) is 2. The topological polar surface area (TPSA) is 96.5 Å². The van der Waals surface area contributed by atoms with Crippen LogP contribution in [0.1, 0.15) is 33.8 Å². The molecule has 1 aliphatic rings. The minimum absolute atomic E-state index is 0.0141. The molecule has 29 heavy (non-hydrogen) atoms. The van der Waals surface area contributed by atoms with E-state index in [9.17, 15) is 9.59 Å². The molecular formula is C20H27N5O3S. The molecule has 1 saturated heterocycles. The lowest BCUT2D eigenvalue weighted by Gasteiger charge is -2.31. The van der Waals surface area contributed by atoms with Crippen molar-refractivity contribution in [2.24, 2.45) is 5.92 Å². The SMILES string of the molecule is COc1ccc(CCNC(=O)NCC2CCN(C(=O)c3snnc3C)CC2)cc1. The number of hydrogen-bond donors (Lipinski definition) is 2. The zero-order valence-electron chi connectivity index (χ0n) is 16.8. The van der Waals surface area contributed by atoms with Crippen LogP contribution >= 0.6 is 11.5 Å². The average molecular weight is 418 g/mol. The summed E-state index contributed by atoms with van der Waals surface area (Å²) in [5.74, 6) is 1.22. The Labute approximate surface area is 174 Å². The Morgan fingerprint density at radius 2 is 1.93 bits per heavy atom. The number of amides is 3. The average Bonchev–Trinajstić information content (AvgIpc) is 3.18. The van der Waals surface area contributed by atoms with Crippen LogP contribution in [0.15, 0.2) is 24.3 Å². The fourth-order valence-corrected chi connectivity index (χ4v) is 3.95. The molecule has 0 unspecified atom stereocenters. The molecule has 1 aromatic carbocycles. The number of piperidine rings is 1. The van der Waals surface area contributed by atoms with Gasteiger partial charge in [-0.3, -0.25) is 4.79 Å². The molecule has 0 bridgehead atoms. The maximum atomic E-state index is 12.5. The number of urea groups is 1. The number of methoxy groups -OCH3 is 1. The summed E-state index contributed by atoms with van der Waals surface area (Å²) in [4.78, 5) is 27.0. The fourth-order valence-electron chi connectivity index (χ4n) is 3.32. The number of aromatic nitrogens is 2. The van der Waals surface area contributed by atoms with E-state index in [0.29, 0.717) is 42.7 Å². The quantitative estimate of drug-likeness (QED) is 0.720. The highest BCUT2D eigenvalue weighted by molar-refractivity contribution is 7.07. The molecule has 8 nitrogen and oxygen atoms in total. The molecule has 2 N–H and O–H groups in total. The van der Waals surface area contributed by atoms with Crippen LogP contribution in [0, 0.1) is 12.8 Å². The summed E-state index contributed by atoms with van der Waals surface area (Å²) in [5, 5.41) is 9.75. The number of carbonyl (C=O) groups is 2. The van der Waals surface area contributed by atoms with Crippen LogP contribution in [0.3, 0.4) is 0 Å². The van der Waals surface area contributed by atoms with Gasteiger partial charge in [-0.2, -0.15) is 0 Å². The Bertz CT molecular complexity index is 816. The van der Waals surface area contributed by atoms with Gasteiger partial charge in [-0.15, -0.1) is 5.10 Å². The van der Waals surface area contributed by atoms with E-state index in [-0.39, 0.29) is 11.9 Å². The molecule has 2 heterocycles. The lowest BCUT2D eigenvalue weighted by atomic mass is 9.96. The standard InChI is InChI=1S/C20H27N5O3S/c1-14-18(29-24-23-14)19(26)25-11-8-16(9-12-25)13-22-20(27)21-10-7-15-3-5-17(28-2)6-4-15/h3-6,16H,7-13H2,1-2H3,(H2,21,22,27). The summed E-state index contributed by atoms with van der Waals surface area (Å²) < 4.78 is 8.98. The van der Waals surface area contributed by atoms with E-state index >= 15 is 0 Å². The number of benzene rings is 1. The van der Waals surface area contributed by atoms with Crippen molar-refractivity contribution in [3.8, 4) is 5.75 Å². The number of rotatable bonds is 7. The van der Waals surface area contributed by atoms with E-state index in [1.54, 1.807) is 14.0 Å². The predicted molar refractivity (Wildman–Crippen MR) is 111 cm³/mol.